The molecule has 1 saturated carbocycles. The molecular weight excluding hydrogens is 310 g/mol. The molecular formula is C10H8ClIN2. The lowest BCUT2D eigenvalue weighted by Crippen LogP contribution is -1.87. The first kappa shape index (κ1) is 8.97. The maximum absolute atomic E-state index is 6.08. The van der Waals surface area contributed by atoms with Crippen LogP contribution in [0.25, 0.3) is 5.65 Å². The Morgan fingerprint density at radius 1 is 1.50 bits per heavy atom. The van der Waals surface area contributed by atoms with Gasteiger partial charge in [0.05, 0.1) is 10.7 Å². The van der Waals surface area contributed by atoms with Crippen molar-refractivity contribution in [1.82, 2.24) is 9.38 Å². The number of rotatable bonds is 1. The molecule has 0 N–H and O–H groups in total. The van der Waals surface area contributed by atoms with Crippen molar-refractivity contribution in [2.45, 2.75) is 18.8 Å². The molecule has 0 bridgehead atoms. The van der Waals surface area contributed by atoms with Crippen molar-refractivity contribution in [3.8, 4) is 0 Å². The Morgan fingerprint density at radius 2 is 2.29 bits per heavy atom. The maximum atomic E-state index is 6.08. The van der Waals surface area contributed by atoms with E-state index in [0.29, 0.717) is 5.92 Å². The van der Waals surface area contributed by atoms with Crippen LogP contribution in [0, 0.1) is 3.70 Å². The minimum absolute atomic E-state index is 0.679. The number of nitrogens with zero attached hydrogens (tertiary/aromatic N) is 2. The van der Waals surface area contributed by atoms with Crippen molar-refractivity contribution in [1.29, 1.82) is 0 Å². The van der Waals surface area contributed by atoms with Gasteiger partial charge < -0.3 is 0 Å². The van der Waals surface area contributed by atoms with Gasteiger partial charge in [-0.25, -0.2) is 4.98 Å². The van der Waals surface area contributed by atoms with Crippen LogP contribution in [0.5, 0.6) is 0 Å². The molecule has 1 fully saturated rings. The van der Waals surface area contributed by atoms with Crippen molar-refractivity contribution in [2.24, 2.45) is 0 Å². The van der Waals surface area contributed by atoms with Gasteiger partial charge in [-0.2, -0.15) is 0 Å². The van der Waals surface area contributed by atoms with Gasteiger partial charge in [-0.15, -0.1) is 0 Å². The molecule has 0 saturated heterocycles. The Balaban J connectivity index is 2.33. The van der Waals surface area contributed by atoms with Crippen LogP contribution >= 0.6 is 34.2 Å². The summed E-state index contributed by atoms with van der Waals surface area (Å²) in [6, 6.07) is 3.84. The lowest BCUT2D eigenvalue weighted by Gasteiger charge is -1.95. The van der Waals surface area contributed by atoms with E-state index in [-0.39, 0.29) is 0 Å². The SMILES string of the molecule is Clc1cccn2c(I)c(C3CC3)nc12. The van der Waals surface area contributed by atoms with Crippen LogP contribution in [0.4, 0.5) is 0 Å². The molecule has 2 nitrogen and oxygen atoms in total. The summed E-state index contributed by atoms with van der Waals surface area (Å²) in [6.07, 6.45) is 4.57. The van der Waals surface area contributed by atoms with Gasteiger partial charge in [-0.05, 0) is 47.6 Å². The number of aromatic nitrogens is 2. The second-order valence-electron chi connectivity index (χ2n) is 3.61. The normalized spacial score (nSPS) is 16.4. The maximum Gasteiger partial charge on any atom is 0.156 e. The number of fused-ring (bicyclic) bond motifs is 1. The van der Waals surface area contributed by atoms with Gasteiger partial charge >= 0.3 is 0 Å². The molecule has 72 valence electrons. The molecule has 2 aromatic heterocycles. The number of hydrogen-bond acceptors (Lipinski definition) is 1. The molecule has 1 aliphatic carbocycles. The largest absolute Gasteiger partial charge is 0.293 e. The third-order valence-electron chi connectivity index (χ3n) is 2.53. The Morgan fingerprint density at radius 3 is 2.93 bits per heavy atom. The number of halogens is 2. The van der Waals surface area contributed by atoms with Crippen molar-refractivity contribution in [2.75, 3.05) is 0 Å². The van der Waals surface area contributed by atoms with E-state index in [0.717, 1.165) is 10.7 Å². The van der Waals surface area contributed by atoms with E-state index < -0.39 is 0 Å². The summed E-state index contributed by atoms with van der Waals surface area (Å²) in [6.45, 7) is 0. The quantitative estimate of drug-likeness (QED) is 0.736. The number of imidazole rings is 1. The lowest BCUT2D eigenvalue weighted by molar-refractivity contribution is 1.03. The van der Waals surface area contributed by atoms with E-state index in [4.69, 9.17) is 11.6 Å². The third kappa shape index (κ3) is 1.26. The van der Waals surface area contributed by atoms with Crippen LogP contribution in [0.1, 0.15) is 24.5 Å². The molecule has 0 aliphatic heterocycles. The minimum atomic E-state index is 0.679. The molecule has 3 rings (SSSR count). The summed E-state index contributed by atoms with van der Waals surface area (Å²) in [5.41, 5.74) is 2.11. The summed E-state index contributed by atoms with van der Waals surface area (Å²) in [5, 5.41) is 0.734. The van der Waals surface area contributed by atoms with Crippen LogP contribution < -0.4 is 0 Å². The molecule has 0 atom stereocenters. The summed E-state index contributed by atoms with van der Waals surface area (Å²) in [5.74, 6) is 0.679. The molecule has 2 heterocycles. The van der Waals surface area contributed by atoms with E-state index in [1.54, 1.807) is 0 Å². The first-order valence-electron chi connectivity index (χ1n) is 4.59. The van der Waals surface area contributed by atoms with E-state index in [1.807, 2.05) is 18.3 Å². The Labute approximate surface area is 100 Å². The topological polar surface area (TPSA) is 17.3 Å². The molecule has 2 aromatic rings. The molecule has 0 amide bonds. The summed E-state index contributed by atoms with van der Waals surface area (Å²) < 4.78 is 3.28. The standard InChI is InChI=1S/C10H8ClIN2/c11-7-2-1-5-14-9(12)8(6-3-4-6)13-10(7)14/h1-2,5-6H,3-4H2. The highest BCUT2D eigenvalue weighted by Gasteiger charge is 2.29. The highest BCUT2D eigenvalue weighted by Crippen LogP contribution is 2.42. The highest BCUT2D eigenvalue weighted by atomic mass is 127. The highest BCUT2D eigenvalue weighted by molar-refractivity contribution is 14.1. The average molecular weight is 319 g/mol. The van der Waals surface area contributed by atoms with Crippen LogP contribution in [0.2, 0.25) is 5.02 Å². The number of hydrogen-bond donors (Lipinski definition) is 0. The van der Waals surface area contributed by atoms with Gasteiger partial charge in [-0.1, -0.05) is 11.6 Å². The molecule has 0 spiro atoms. The van der Waals surface area contributed by atoms with Gasteiger partial charge in [0.15, 0.2) is 5.65 Å². The fourth-order valence-corrected chi connectivity index (χ4v) is 2.80. The Bertz CT molecular complexity index is 502. The molecule has 0 radical (unpaired) electrons. The smallest absolute Gasteiger partial charge is 0.156 e. The minimum Gasteiger partial charge on any atom is -0.293 e. The van der Waals surface area contributed by atoms with Gasteiger partial charge in [0, 0.05) is 12.1 Å². The average Bonchev–Trinajstić information content (AvgIpc) is 2.94. The Kier molecular flexibility index (Phi) is 1.99. The van der Waals surface area contributed by atoms with Crippen LogP contribution in [-0.2, 0) is 0 Å². The van der Waals surface area contributed by atoms with Crippen LogP contribution in [0.3, 0.4) is 0 Å². The van der Waals surface area contributed by atoms with E-state index in [2.05, 4.69) is 32.0 Å². The van der Waals surface area contributed by atoms with Crippen molar-refractivity contribution < 1.29 is 0 Å². The van der Waals surface area contributed by atoms with Crippen LogP contribution in [-0.4, -0.2) is 9.38 Å². The van der Waals surface area contributed by atoms with Gasteiger partial charge in [0.2, 0.25) is 0 Å². The van der Waals surface area contributed by atoms with Crippen molar-refractivity contribution >= 4 is 39.8 Å². The van der Waals surface area contributed by atoms with Crippen molar-refractivity contribution in [3.05, 3.63) is 32.7 Å². The molecule has 4 heteroatoms. The number of pyridine rings is 1. The molecule has 14 heavy (non-hydrogen) atoms. The van der Waals surface area contributed by atoms with Gasteiger partial charge in [0.1, 0.15) is 3.70 Å². The second kappa shape index (κ2) is 3.10. The van der Waals surface area contributed by atoms with Gasteiger partial charge in [0.25, 0.3) is 0 Å². The predicted molar refractivity (Wildman–Crippen MR) is 64.9 cm³/mol. The second-order valence-corrected chi connectivity index (χ2v) is 5.04. The Hall–Kier alpha value is -0.290. The molecule has 0 unspecified atom stereocenters. The monoisotopic (exact) mass is 318 g/mol. The summed E-state index contributed by atoms with van der Waals surface area (Å²) >= 11 is 8.43. The zero-order chi connectivity index (χ0) is 9.71. The molecule has 1 aliphatic rings. The fourth-order valence-electron chi connectivity index (χ4n) is 1.64. The summed E-state index contributed by atoms with van der Waals surface area (Å²) in [4.78, 5) is 4.60. The van der Waals surface area contributed by atoms with E-state index in [9.17, 15) is 0 Å². The first-order chi connectivity index (χ1) is 6.77. The van der Waals surface area contributed by atoms with E-state index in [1.165, 1.54) is 22.2 Å². The zero-order valence-electron chi connectivity index (χ0n) is 7.37. The lowest BCUT2D eigenvalue weighted by atomic mass is 10.3. The zero-order valence-corrected chi connectivity index (χ0v) is 10.3. The van der Waals surface area contributed by atoms with Crippen LogP contribution in [0.15, 0.2) is 18.3 Å². The fraction of sp³-hybridized carbons (Fsp3) is 0.300. The van der Waals surface area contributed by atoms with E-state index >= 15 is 0 Å². The first-order valence-corrected chi connectivity index (χ1v) is 6.05. The third-order valence-corrected chi connectivity index (χ3v) is 3.90. The van der Waals surface area contributed by atoms with Crippen molar-refractivity contribution in [3.63, 3.8) is 0 Å². The predicted octanol–water partition coefficient (Wildman–Crippen LogP) is 3.47. The van der Waals surface area contributed by atoms with Gasteiger partial charge in [-0.3, -0.25) is 4.40 Å². The molecule has 0 aromatic carbocycles. The summed E-state index contributed by atoms with van der Waals surface area (Å²) in [7, 11) is 0.